The summed E-state index contributed by atoms with van der Waals surface area (Å²) in [7, 11) is 0. The molecule has 1 aliphatic heterocycles. The fourth-order valence-electron chi connectivity index (χ4n) is 0.690. The number of aliphatic hydroxyl groups is 2. The first kappa shape index (κ1) is 6.39. The molecule has 2 nitrogen and oxygen atoms in total. The van der Waals surface area contributed by atoms with E-state index in [1.54, 1.807) is 11.8 Å². The highest BCUT2D eigenvalue weighted by Crippen LogP contribution is 2.39. The molecule has 1 fully saturated rings. The molecule has 0 aromatic heterocycles. The summed E-state index contributed by atoms with van der Waals surface area (Å²) >= 11 is 1.65. The molecule has 0 amide bonds. The van der Waals surface area contributed by atoms with Crippen molar-refractivity contribution in [1.82, 2.24) is 0 Å². The molecule has 3 heteroatoms. The minimum absolute atomic E-state index is 0.119. The van der Waals surface area contributed by atoms with Crippen molar-refractivity contribution in [3.05, 3.63) is 0 Å². The molecular weight excluding hydrogens is 124 g/mol. The second kappa shape index (κ2) is 2.25. The first-order valence-electron chi connectivity index (χ1n) is 2.69. The smallest absolute Gasteiger partial charge is 0.0628 e. The van der Waals surface area contributed by atoms with Crippen molar-refractivity contribution in [2.75, 3.05) is 19.0 Å². The number of thioether (sulfide) groups is 1. The van der Waals surface area contributed by atoms with Gasteiger partial charge in [0.05, 0.1) is 18.0 Å². The molecule has 1 heterocycles. The van der Waals surface area contributed by atoms with Crippen LogP contribution in [0.15, 0.2) is 0 Å². The predicted octanol–water partition coefficient (Wildman–Crippen LogP) is -0.153. The molecule has 0 aliphatic carbocycles. The summed E-state index contributed by atoms with van der Waals surface area (Å²) in [5.74, 6) is 1.08. The van der Waals surface area contributed by atoms with Gasteiger partial charge in [0.1, 0.15) is 0 Å². The fraction of sp³-hybridized carbons (Fsp3) is 1.00. The number of aliphatic hydroxyl groups excluding tert-OH is 2. The topological polar surface area (TPSA) is 40.5 Å². The molecule has 0 spiro atoms. The SMILES string of the molecule is OCC1(CO)CCS1. The summed E-state index contributed by atoms with van der Waals surface area (Å²) in [6, 6.07) is 0. The molecule has 1 rings (SSSR count). The highest BCUT2D eigenvalue weighted by atomic mass is 32.2. The maximum absolute atomic E-state index is 8.66. The Kier molecular flexibility index (Phi) is 1.80. The lowest BCUT2D eigenvalue weighted by molar-refractivity contribution is 0.163. The third kappa shape index (κ3) is 0.855. The Labute approximate surface area is 52.9 Å². The molecule has 8 heavy (non-hydrogen) atoms. The van der Waals surface area contributed by atoms with Crippen molar-refractivity contribution < 1.29 is 10.2 Å². The monoisotopic (exact) mass is 134 g/mol. The predicted molar refractivity (Wildman–Crippen MR) is 34.0 cm³/mol. The van der Waals surface area contributed by atoms with Crippen LogP contribution in [0.4, 0.5) is 0 Å². The second-order valence-corrected chi connectivity index (χ2v) is 3.66. The van der Waals surface area contributed by atoms with E-state index in [9.17, 15) is 0 Å². The Morgan fingerprint density at radius 3 is 1.88 bits per heavy atom. The van der Waals surface area contributed by atoms with Crippen LogP contribution in [0.5, 0.6) is 0 Å². The van der Waals surface area contributed by atoms with Crippen LogP contribution in [0, 0.1) is 0 Å². The van der Waals surface area contributed by atoms with Crippen LogP contribution in [0.2, 0.25) is 0 Å². The molecule has 1 saturated heterocycles. The minimum atomic E-state index is -0.167. The van der Waals surface area contributed by atoms with Gasteiger partial charge in [-0.1, -0.05) is 0 Å². The van der Waals surface area contributed by atoms with Crippen molar-refractivity contribution in [3.8, 4) is 0 Å². The molecule has 48 valence electrons. The Morgan fingerprint density at radius 2 is 1.88 bits per heavy atom. The normalized spacial score (nSPS) is 24.8. The molecule has 0 aromatic carbocycles. The van der Waals surface area contributed by atoms with Crippen molar-refractivity contribution in [2.45, 2.75) is 11.2 Å². The van der Waals surface area contributed by atoms with E-state index >= 15 is 0 Å². The highest BCUT2D eigenvalue weighted by Gasteiger charge is 2.36. The average Bonchev–Trinajstić information content (AvgIpc) is 1.67. The second-order valence-electron chi connectivity index (χ2n) is 2.10. The Bertz CT molecular complexity index is 67.0. The molecule has 0 radical (unpaired) electrons. The van der Waals surface area contributed by atoms with Crippen molar-refractivity contribution in [3.63, 3.8) is 0 Å². The lowest BCUT2D eigenvalue weighted by atomic mass is 10.1. The highest BCUT2D eigenvalue weighted by molar-refractivity contribution is 8.02. The number of hydrogen-bond donors (Lipinski definition) is 2. The van der Waals surface area contributed by atoms with Crippen LogP contribution in [0.1, 0.15) is 6.42 Å². The van der Waals surface area contributed by atoms with Gasteiger partial charge < -0.3 is 10.2 Å². The molecule has 0 atom stereocenters. The van der Waals surface area contributed by atoms with E-state index in [2.05, 4.69) is 0 Å². The first-order chi connectivity index (χ1) is 3.83. The maximum Gasteiger partial charge on any atom is 0.0628 e. The van der Waals surface area contributed by atoms with E-state index in [0.29, 0.717) is 0 Å². The van der Waals surface area contributed by atoms with Gasteiger partial charge in [-0.25, -0.2) is 0 Å². The molecule has 1 aliphatic rings. The molecular formula is C5H10O2S. The van der Waals surface area contributed by atoms with Gasteiger partial charge in [0.25, 0.3) is 0 Å². The van der Waals surface area contributed by atoms with E-state index < -0.39 is 0 Å². The zero-order valence-corrected chi connectivity index (χ0v) is 5.45. The number of hydrogen-bond acceptors (Lipinski definition) is 3. The minimum Gasteiger partial charge on any atom is -0.395 e. The summed E-state index contributed by atoms with van der Waals surface area (Å²) in [5, 5.41) is 17.3. The van der Waals surface area contributed by atoms with Gasteiger partial charge in [0.2, 0.25) is 0 Å². The molecule has 0 saturated carbocycles. The van der Waals surface area contributed by atoms with Gasteiger partial charge in [0, 0.05) is 0 Å². The van der Waals surface area contributed by atoms with Gasteiger partial charge in [-0.15, -0.1) is 0 Å². The third-order valence-corrected chi connectivity index (χ3v) is 3.03. The average molecular weight is 134 g/mol. The van der Waals surface area contributed by atoms with Crippen molar-refractivity contribution >= 4 is 11.8 Å². The van der Waals surface area contributed by atoms with Gasteiger partial charge in [0.15, 0.2) is 0 Å². The number of rotatable bonds is 2. The van der Waals surface area contributed by atoms with Crippen LogP contribution < -0.4 is 0 Å². The van der Waals surface area contributed by atoms with Gasteiger partial charge in [-0.2, -0.15) is 11.8 Å². The lowest BCUT2D eigenvalue weighted by Crippen LogP contribution is -2.41. The molecule has 0 aromatic rings. The summed E-state index contributed by atoms with van der Waals surface area (Å²) < 4.78 is -0.167. The van der Waals surface area contributed by atoms with E-state index in [-0.39, 0.29) is 18.0 Å². The Hall–Kier alpha value is 0.270. The summed E-state index contributed by atoms with van der Waals surface area (Å²) in [6.45, 7) is 0.238. The van der Waals surface area contributed by atoms with E-state index in [1.165, 1.54) is 0 Å². The Balaban J connectivity index is 2.33. The largest absolute Gasteiger partial charge is 0.395 e. The molecule has 0 bridgehead atoms. The summed E-state index contributed by atoms with van der Waals surface area (Å²) in [5.41, 5.74) is 0. The van der Waals surface area contributed by atoms with E-state index in [1.807, 2.05) is 0 Å². The van der Waals surface area contributed by atoms with Crippen LogP contribution in [-0.2, 0) is 0 Å². The molecule has 0 unspecified atom stereocenters. The van der Waals surface area contributed by atoms with Gasteiger partial charge >= 0.3 is 0 Å². The van der Waals surface area contributed by atoms with E-state index in [0.717, 1.165) is 12.2 Å². The lowest BCUT2D eigenvalue weighted by Gasteiger charge is -2.37. The summed E-state index contributed by atoms with van der Waals surface area (Å²) in [6.07, 6.45) is 0.963. The molecule has 2 N–H and O–H groups in total. The fourth-order valence-corrected chi connectivity index (χ4v) is 1.65. The zero-order valence-electron chi connectivity index (χ0n) is 4.63. The van der Waals surface area contributed by atoms with Crippen LogP contribution in [0.3, 0.4) is 0 Å². The van der Waals surface area contributed by atoms with E-state index in [4.69, 9.17) is 10.2 Å². The van der Waals surface area contributed by atoms with Crippen LogP contribution in [-0.4, -0.2) is 33.9 Å². The standard InChI is InChI=1S/C5H10O2S/c6-3-5(4-7)1-2-8-5/h6-7H,1-4H2. The quantitative estimate of drug-likeness (QED) is 0.551. The van der Waals surface area contributed by atoms with Crippen LogP contribution in [0.25, 0.3) is 0 Å². The summed E-state index contributed by atoms with van der Waals surface area (Å²) in [4.78, 5) is 0. The van der Waals surface area contributed by atoms with Crippen LogP contribution >= 0.6 is 11.8 Å². The van der Waals surface area contributed by atoms with Gasteiger partial charge in [-0.05, 0) is 12.2 Å². The van der Waals surface area contributed by atoms with Crippen molar-refractivity contribution in [1.29, 1.82) is 0 Å². The third-order valence-electron chi connectivity index (χ3n) is 1.54. The first-order valence-corrected chi connectivity index (χ1v) is 3.67. The maximum atomic E-state index is 8.66. The zero-order chi connectivity index (χ0) is 6.04. The Morgan fingerprint density at radius 1 is 1.38 bits per heavy atom. The van der Waals surface area contributed by atoms with Gasteiger partial charge in [-0.3, -0.25) is 0 Å². The van der Waals surface area contributed by atoms with Crippen molar-refractivity contribution in [2.24, 2.45) is 0 Å².